The third-order valence-electron chi connectivity index (χ3n) is 4.91. The molecule has 2 heterocycles. The molecule has 0 unspecified atom stereocenters. The summed E-state index contributed by atoms with van der Waals surface area (Å²) in [7, 11) is 1.55. The van der Waals surface area contributed by atoms with E-state index in [1.54, 1.807) is 31.4 Å². The molecule has 4 rings (SSSR count). The van der Waals surface area contributed by atoms with Crippen LogP contribution in [0.15, 0.2) is 65.7 Å². The minimum Gasteiger partial charge on any atom is -0.495 e. The van der Waals surface area contributed by atoms with E-state index in [1.807, 2.05) is 42.6 Å². The van der Waals surface area contributed by atoms with E-state index in [-0.39, 0.29) is 11.6 Å². The number of nitrogens with zero attached hydrogens (tertiary/aromatic N) is 1. The first-order valence-electron chi connectivity index (χ1n) is 9.85. The second kappa shape index (κ2) is 8.68. The van der Waals surface area contributed by atoms with Crippen molar-refractivity contribution in [2.24, 2.45) is 0 Å². The van der Waals surface area contributed by atoms with Crippen molar-refractivity contribution in [3.63, 3.8) is 0 Å². The Morgan fingerprint density at radius 2 is 1.78 bits per heavy atom. The highest BCUT2D eigenvalue weighted by atomic mass is 32.1. The van der Waals surface area contributed by atoms with E-state index < -0.39 is 11.8 Å². The van der Waals surface area contributed by atoms with Gasteiger partial charge in [0.05, 0.1) is 24.1 Å². The molecule has 0 bridgehead atoms. The van der Waals surface area contributed by atoms with E-state index in [9.17, 15) is 14.4 Å². The lowest BCUT2D eigenvalue weighted by molar-refractivity contribution is -0.120. The first-order valence-corrected chi connectivity index (χ1v) is 10.7. The van der Waals surface area contributed by atoms with Gasteiger partial charge in [-0.2, -0.15) is 0 Å². The average Bonchev–Trinajstić information content (AvgIpc) is 3.36. The molecular weight excluding hydrogens is 426 g/mol. The van der Waals surface area contributed by atoms with Crippen LogP contribution in [-0.2, 0) is 14.4 Å². The van der Waals surface area contributed by atoms with Crippen molar-refractivity contribution in [2.45, 2.75) is 13.8 Å². The smallest absolute Gasteiger partial charge is 0.282 e. The van der Waals surface area contributed by atoms with Gasteiger partial charge in [-0.3, -0.25) is 14.4 Å². The number of rotatable bonds is 6. The molecule has 0 radical (unpaired) electrons. The zero-order valence-electron chi connectivity index (χ0n) is 17.8. The minimum absolute atomic E-state index is 0.187. The summed E-state index contributed by atoms with van der Waals surface area (Å²) in [5, 5.41) is 7.68. The van der Waals surface area contributed by atoms with Gasteiger partial charge >= 0.3 is 0 Å². The number of imide groups is 1. The van der Waals surface area contributed by atoms with Gasteiger partial charge in [0.15, 0.2) is 0 Å². The van der Waals surface area contributed by atoms with Crippen molar-refractivity contribution in [2.75, 3.05) is 22.6 Å². The summed E-state index contributed by atoms with van der Waals surface area (Å²) >= 11 is 1.38. The molecule has 0 fully saturated rings. The van der Waals surface area contributed by atoms with Crippen molar-refractivity contribution in [3.8, 4) is 5.75 Å². The largest absolute Gasteiger partial charge is 0.495 e. The fourth-order valence-corrected chi connectivity index (χ4v) is 4.25. The van der Waals surface area contributed by atoms with E-state index in [0.717, 1.165) is 10.5 Å². The fraction of sp³-hybridized carbons (Fsp3) is 0.125. The van der Waals surface area contributed by atoms with Crippen LogP contribution in [0.5, 0.6) is 5.75 Å². The molecule has 1 aromatic heterocycles. The van der Waals surface area contributed by atoms with Crippen LogP contribution in [0.4, 0.5) is 17.1 Å². The molecule has 0 saturated heterocycles. The van der Waals surface area contributed by atoms with E-state index in [2.05, 4.69) is 10.6 Å². The molecule has 1 aliphatic rings. The normalized spacial score (nSPS) is 13.5. The Balaban J connectivity index is 1.75. The third-order valence-corrected chi connectivity index (χ3v) is 5.80. The van der Waals surface area contributed by atoms with Crippen LogP contribution in [0.2, 0.25) is 0 Å². The number of carbonyl (C=O) groups is 3. The lowest BCUT2D eigenvalue weighted by atomic mass is 10.1. The van der Waals surface area contributed by atoms with Crippen LogP contribution < -0.4 is 20.3 Å². The number of nitrogens with one attached hydrogen (secondary N) is 2. The molecule has 1 aliphatic heterocycles. The van der Waals surface area contributed by atoms with Gasteiger partial charge in [0.2, 0.25) is 5.91 Å². The molecule has 0 aliphatic carbocycles. The molecule has 3 amide bonds. The Bertz CT molecular complexity index is 1230. The number of amides is 3. The first kappa shape index (κ1) is 21.3. The zero-order valence-corrected chi connectivity index (χ0v) is 18.6. The average molecular weight is 448 g/mol. The second-order valence-electron chi connectivity index (χ2n) is 7.23. The quantitative estimate of drug-likeness (QED) is 0.546. The van der Waals surface area contributed by atoms with Gasteiger partial charge in [-0.25, -0.2) is 4.90 Å². The Labute approximate surface area is 189 Å². The summed E-state index contributed by atoms with van der Waals surface area (Å²) in [5.74, 6) is -0.522. The number of hydrogen-bond donors (Lipinski definition) is 2. The number of benzene rings is 2. The zero-order chi connectivity index (χ0) is 22.8. The highest BCUT2D eigenvalue weighted by molar-refractivity contribution is 7.11. The van der Waals surface area contributed by atoms with Crippen molar-refractivity contribution in [3.05, 3.63) is 76.1 Å². The lowest BCUT2D eigenvalue weighted by Gasteiger charge is -2.16. The molecule has 2 N–H and O–H groups in total. The van der Waals surface area contributed by atoms with Gasteiger partial charge in [0.1, 0.15) is 11.4 Å². The van der Waals surface area contributed by atoms with Gasteiger partial charge in [0, 0.05) is 17.5 Å². The summed E-state index contributed by atoms with van der Waals surface area (Å²) in [6.45, 7) is 3.35. The third kappa shape index (κ3) is 4.00. The van der Waals surface area contributed by atoms with Crippen LogP contribution in [0, 0.1) is 6.92 Å². The van der Waals surface area contributed by atoms with E-state index in [1.165, 1.54) is 18.3 Å². The Hall–Kier alpha value is -3.91. The van der Waals surface area contributed by atoms with Crippen LogP contribution in [-0.4, -0.2) is 24.8 Å². The van der Waals surface area contributed by atoms with Crippen LogP contribution >= 0.6 is 11.3 Å². The van der Waals surface area contributed by atoms with E-state index in [0.29, 0.717) is 33.3 Å². The topological polar surface area (TPSA) is 87.7 Å². The maximum Gasteiger partial charge on any atom is 0.282 e. The molecule has 0 saturated carbocycles. The Kier molecular flexibility index (Phi) is 5.79. The van der Waals surface area contributed by atoms with Gasteiger partial charge in [-0.15, -0.1) is 11.3 Å². The summed E-state index contributed by atoms with van der Waals surface area (Å²) in [6, 6.07) is 15.8. The molecule has 8 heteroatoms. The molecule has 3 aromatic rings. The molecular formula is C24H21N3O4S. The molecule has 0 spiro atoms. The SMILES string of the molecule is COc1ccc(C)cc1NC1=C(c2cccs2)C(=O)N(c2ccc(NC(C)=O)cc2)C1=O. The lowest BCUT2D eigenvalue weighted by Crippen LogP contribution is -2.32. The van der Waals surface area contributed by atoms with E-state index >= 15 is 0 Å². The number of methoxy groups -OCH3 is 1. The van der Waals surface area contributed by atoms with Gasteiger partial charge < -0.3 is 15.4 Å². The van der Waals surface area contributed by atoms with Crippen LogP contribution in [0.1, 0.15) is 17.4 Å². The summed E-state index contributed by atoms with van der Waals surface area (Å²) in [4.78, 5) is 40.0. The maximum atomic E-state index is 13.5. The predicted molar refractivity (Wildman–Crippen MR) is 126 cm³/mol. The number of ether oxygens (including phenoxy) is 1. The highest BCUT2D eigenvalue weighted by Gasteiger charge is 2.41. The monoisotopic (exact) mass is 447 g/mol. The molecule has 0 atom stereocenters. The van der Waals surface area contributed by atoms with Crippen molar-refractivity contribution >= 4 is 51.7 Å². The molecule has 7 nitrogen and oxygen atoms in total. The second-order valence-corrected chi connectivity index (χ2v) is 8.18. The Morgan fingerprint density at radius 1 is 1.03 bits per heavy atom. The standard InChI is InChI=1S/C24H21N3O4S/c1-14-6-11-19(31-3)18(13-14)26-22-21(20-5-4-12-32-20)23(29)27(24(22)30)17-9-7-16(8-10-17)25-15(2)28/h4-13,26H,1-3H3,(H,25,28). The number of hydrogen-bond acceptors (Lipinski definition) is 6. The first-order chi connectivity index (χ1) is 15.4. The Morgan fingerprint density at radius 3 is 2.41 bits per heavy atom. The highest BCUT2D eigenvalue weighted by Crippen LogP contribution is 2.37. The van der Waals surface area contributed by atoms with Gasteiger partial charge in [-0.05, 0) is 60.3 Å². The minimum atomic E-state index is -0.464. The molecule has 162 valence electrons. The molecule has 2 aromatic carbocycles. The maximum absolute atomic E-state index is 13.5. The molecule has 32 heavy (non-hydrogen) atoms. The summed E-state index contributed by atoms with van der Waals surface area (Å²) in [6.07, 6.45) is 0. The van der Waals surface area contributed by atoms with Gasteiger partial charge in [0.25, 0.3) is 11.8 Å². The number of thiophene rings is 1. The number of anilines is 3. The predicted octanol–water partition coefficient (Wildman–Crippen LogP) is 4.42. The fourth-order valence-electron chi connectivity index (χ4n) is 3.48. The van der Waals surface area contributed by atoms with Crippen LogP contribution in [0.3, 0.4) is 0 Å². The number of carbonyl (C=O) groups excluding carboxylic acids is 3. The van der Waals surface area contributed by atoms with Crippen molar-refractivity contribution < 1.29 is 19.1 Å². The summed E-state index contributed by atoms with van der Waals surface area (Å²) < 4.78 is 5.43. The van der Waals surface area contributed by atoms with Crippen molar-refractivity contribution in [1.82, 2.24) is 0 Å². The van der Waals surface area contributed by atoms with Crippen molar-refractivity contribution in [1.29, 1.82) is 0 Å². The summed E-state index contributed by atoms with van der Waals surface area (Å²) in [5.41, 5.74) is 3.06. The van der Waals surface area contributed by atoms with Crippen LogP contribution in [0.25, 0.3) is 5.57 Å². The number of aryl methyl sites for hydroxylation is 1. The van der Waals surface area contributed by atoms with Gasteiger partial charge in [-0.1, -0.05) is 12.1 Å². The van der Waals surface area contributed by atoms with E-state index in [4.69, 9.17) is 4.74 Å².